The van der Waals surface area contributed by atoms with Gasteiger partial charge in [-0.05, 0) is 60.9 Å². The van der Waals surface area contributed by atoms with E-state index in [2.05, 4.69) is 22.1 Å². The van der Waals surface area contributed by atoms with Gasteiger partial charge in [-0.25, -0.2) is 4.39 Å². The van der Waals surface area contributed by atoms with Crippen LogP contribution < -0.4 is 9.47 Å². The van der Waals surface area contributed by atoms with Gasteiger partial charge < -0.3 is 14.6 Å². The fourth-order valence-corrected chi connectivity index (χ4v) is 3.70. The Morgan fingerprint density at radius 2 is 1.81 bits per heavy atom. The summed E-state index contributed by atoms with van der Waals surface area (Å²) in [6, 6.07) is 15.9. The summed E-state index contributed by atoms with van der Waals surface area (Å²) in [6.45, 7) is 3.87. The van der Waals surface area contributed by atoms with Crippen molar-refractivity contribution in [2.45, 2.75) is 31.5 Å². The van der Waals surface area contributed by atoms with Crippen LogP contribution in [-0.2, 0) is 13.1 Å². The zero-order valence-electron chi connectivity index (χ0n) is 17.5. The molecular weight excluding hydrogens is 397 g/mol. The molecule has 1 aromatic heterocycles. The molecule has 1 N–H and O–H groups in total. The molecule has 0 atom stereocenters. The molecule has 1 aliphatic heterocycles. The maximum Gasteiger partial charge on any atom is 0.123 e. The highest BCUT2D eigenvalue weighted by Gasteiger charge is 2.33. The Morgan fingerprint density at radius 1 is 1.00 bits per heavy atom. The van der Waals surface area contributed by atoms with Crippen LogP contribution in [0, 0.1) is 5.82 Å². The Kier molecular flexibility index (Phi) is 6.84. The van der Waals surface area contributed by atoms with Gasteiger partial charge in [0, 0.05) is 32.0 Å². The second-order valence-corrected chi connectivity index (χ2v) is 8.01. The Labute approximate surface area is 181 Å². The highest BCUT2D eigenvalue weighted by atomic mass is 19.1. The predicted molar refractivity (Wildman–Crippen MR) is 116 cm³/mol. The van der Waals surface area contributed by atoms with Gasteiger partial charge in [0.15, 0.2) is 0 Å². The molecule has 0 aliphatic carbocycles. The van der Waals surface area contributed by atoms with E-state index in [9.17, 15) is 9.50 Å². The lowest BCUT2D eigenvalue weighted by molar-refractivity contribution is -0.0537. The second-order valence-electron chi connectivity index (χ2n) is 8.01. The number of likely N-dealkylation sites (tertiary alicyclic amines) is 1. The molecular formula is C24H28FN3O3. The number of hydrogen-bond acceptors (Lipinski definition) is 5. The number of nitrogens with zero attached hydrogens (tertiary/aromatic N) is 3. The molecule has 0 radical (unpaired) electrons. The SMILES string of the molecule is OC1(COc2ccc(F)cc2)CCN(Cc2cccc(OCCn3cccn3)c2)CC1. The van der Waals surface area contributed by atoms with Crippen molar-refractivity contribution in [3.8, 4) is 11.5 Å². The average molecular weight is 426 g/mol. The minimum Gasteiger partial charge on any atom is -0.492 e. The monoisotopic (exact) mass is 425 g/mol. The fraction of sp³-hybridized carbons (Fsp3) is 0.375. The Morgan fingerprint density at radius 3 is 2.55 bits per heavy atom. The van der Waals surface area contributed by atoms with Crippen molar-refractivity contribution >= 4 is 0 Å². The molecule has 0 saturated carbocycles. The summed E-state index contributed by atoms with van der Waals surface area (Å²) in [4.78, 5) is 2.33. The summed E-state index contributed by atoms with van der Waals surface area (Å²) in [5.74, 6) is 1.12. The molecule has 4 rings (SSSR count). The molecule has 2 aromatic carbocycles. The third-order valence-corrected chi connectivity index (χ3v) is 5.56. The number of ether oxygens (including phenoxy) is 2. The number of rotatable bonds is 9. The van der Waals surface area contributed by atoms with Gasteiger partial charge in [0.1, 0.15) is 36.1 Å². The molecule has 3 aromatic rings. The van der Waals surface area contributed by atoms with Gasteiger partial charge in [-0.2, -0.15) is 5.10 Å². The van der Waals surface area contributed by atoms with Gasteiger partial charge in [-0.15, -0.1) is 0 Å². The van der Waals surface area contributed by atoms with E-state index in [1.807, 2.05) is 29.1 Å². The number of piperidine rings is 1. The normalized spacial score (nSPS) is 16.2. The molecule has 2 heterocycles. The lowest BCUT2D eigenvalue weighted by Crippen LogP contribution is -2.47. The van der Waals surface area contributed by atoms with Crippen molar-refractivity contribution in [2.24, 2.45) is 0 Å². The Bertz CT molecular complexity index is 939. The van der Waals surface area contributed by atoms with Crippen LogP contribution in [0.1, 0.15) is 18.4 Å². The first-order valence-corrected chi connectivity index (χ1v) is 10.6. The third-order valence-electron chi connectivity index (χ3n) is 5.56. The Hall–Kier alpha value is -2.90. The summed E-state index contributed by atoms with van der Waals surface area (Å²) in [5, 5.41) is 15.0. The first-order chi connectivity index (χ1) is 15.1. The van der Waals surface area contributed by atoms with Crippen LogP contribution in [0.4, 0.5) is 4.39 Å². The molecule has 0 unspecified atom stereocenters. The lowest BCUT2D eigenvalue weighted by Gasteiger charge is -2.38. The van der Waals surface area contributed by atoms with Crippen LogP contribution in [0.25, 0.3) is 0 Å². The van der Waals surface area contributed by atoms with E-state index in [-0.39, 0.29) is 12.4 Å². The summed E-state index contributed by atoms with van der Waals surface area (Å²) in [6.07, 6.45) is 4.94. The second kappa shape index (κ2) is 9.94. The predicted octanol–water partition coefficient (Wildman–Crippen LogP) is 3.51. The van der Waals surface area contributed by atoms with E-state index in [4.69, 9.17) is 9.47 Å². The number of aliphatic hydroxyl groups is 1. The van der Waals surface area contributed by atoms with Crippen molar-refractivity contribution in [1.82, 2.24) is 14.7 Å². The first-order valence-electron chi connectivity index (χ1n) is 10.6. The summed E-state index contributed by atoms with van der Waals surface area (Å²) in [5.41, 5.74) is 0.326. The van der Waals surface area contributed by atoms with E-state index in [1.165, 1.54) is 17.7 Å². The van der Waals surface area contributed by atoms with Gasteiger partial charge in [-0.1, -0.05) is 12.1 Å². The van der Waals surface area contributed by atoms with E-state index in [1.54, 1.807) is 18.3 Å². The Balaban J connectivity index is 1.22. The van der Waals surface area contributed by atoms with Gasteiger partial charge in [0.05, 0.1) is 6.54 Å². The van der Waals surface area contributed by atoms with Crippen LogP contribution >= 0.6 is 0 Å². The number of halogens is 1. The van der Waals surface area contributed by atoms with Crippen LogP contribution in [0.2, 0.25) is 0 Å². The van der Waals surface area contributed by atoms with Crippen molar-refractivity contribution in [3.05, 3.63) is 78.4 Å². The van der Waals surface area contributed by atoms with Gasteiger partial charge in [-0.3, -0.25) is 9.58 Å². The minimum absolute atomic E-state index is 0.214. The van der Waals surface area contributed by atoms with Crippen molar-refractivity contribution in [3.63, 3.8) is 0 Å². The zero-order chi connectivity index (χ0) is 21.5. The van der Waals surface area contributed by atoms with Gasteiger partial charge in [0.25, 0.3) is 0 Å². The van der Waals surface area contributed by atoms with Crippen molar-refractivity contribution in [1.29, 1.82) is 0 Å². The maximum atomic E-state index is 13.0. The van der Waals surface area contributed by atoms with E-state index >= 15 is 0 Å². The number of hydrogen-bond donors (Lipinski definition) is 1. The van der Waals surface area contributed by atoms with Crippen LogP contribution in [0.15, 0.2) is 67.0 Å². The fourth-order valence-electron chi connectivity index (χ4n) is 3.70. The molecule has 1 fully saturated rings. The molecule has 6 nitrogen and oxygen atoms in total. The van der Waals surface area contributed by atoms with Gasteiger partial charge >= 0.3 is 0 Å². The average Bonchev–Trinajstić information content (AvgIpc) is 3.29. The van der Waals surface area contributed by atoms with Crippen LogP contribution in [0.5, 0.6) is 11.5 Å². The molecule has 7 heteroatoms. The zero-order valence-corrected chi connectivity index (χ0v) is 17.5. The van der Waals surface area contributed by atoms with Crippen LogP contribution in [-0.4, -0.2) is 51.7 Å². The van der Waals surface area contributed by atoms with Gasteiger partial charge in [0.2, 0.25) is 0 Å². The molecule has 164 valence electrons. The quantitative estimate of drug-likeness (QED) is 0.569. The van der Waals surface area contributed by atoms with E-state index in [0.717, 1.165) is 25.4 Å². The number of aromatic nitrogens is 2. The smallest absolute Gasteiger partial charge is 0.123 e. The molecule has 0 spiro atoms. The minimum atomic E-state index is -0.859. The van der Waals surface area contributed by atoms with E-state index < -0.39 is 5.60 Å². The van der Waals surface area contributed by atoms with Crippen molar-refractivity contribution < 1.29 is 19.0 Å². The topological polar surface area (TPSA) is 59.8 Å². The first kappa shape index (κ1) is 21.3. The molecule has 0 bridgehead atoms. The third kappa shape index (κ3) is 6.29. The summed E-state index contributed by atoms with van der Waals surface area (Å²) < 4.78 is 26.4. The highest BCUT2D eigenvalue weighted by molar-refractivity contribution is 5.28. The molecule has 0 amide bonds. The maximum absolute atomic E-state index is 13.0. The lowest BCUT2D eigenvalue weighted by atomic mass is 9.92. The number of benzene rings is 2. The molecule has 1 saturated heterocycles. The molecule has 1 aliphatic rings. The largest absolute Gasteiger partial charge is 0.492 e. The van der Waals surface area contributed by atoms with Crippen LogP contribution in [0.3, 0.4) is 0 Å². The molecule has 31 heavy (non-hydrogen) atoms. The highest BCUT2D eigenvalue weighted by Crippen LogP contribution is 2.25. The standard InChI is InChI=1S/C24H28FN3O3/c25-21-5-7-22(8-6-21)31-19-24(29)9-13-27(14-10-24)18-20-3-1-4-23(17-20)30-16-15-28-12-2-11-26-28/h1-8,11-12,17,29H,9-10,13-16,18-19H2. The van der Waals surface area contributed by atoms with Crippen molar-refractivity contribution in [2.75, 3.05) is 26.3 Å². The summed E-state index contributed by atoms with van der Waals surface area (Å²) in [7, 11) is 0. The van der Waals surface area contributed by atoms with E-state index in [0.29, 0.717) is 31.7 Å². The summed E-state index contributed by atoms with van der Waals surface area (Å²) >= 11 is 0.